The molecule has 3 N–H and O–H groups in total. The van der Waals surface area contributed by atoms with E-state index in [4.69, 9.17) is 9.72 Å². The molecular formula is C30H39N3O4. The zero-order chi connectivity index (χ0) is 25.8. The van der Waals surface area contributed by atoms with Crippen molar-refractivity contribution >= 4 is 17.7 Å². The van der Waals surface area contributed by atoms with Gasteiger partial charge in [-0.2, -0.15) is 0 Å². The lowest BCUT2D eigenvalue weighted by molar-refractivity contribution is -0.145. The van der Waals surface area contributed by atoms with E-state index in [-0.39, 0.29) is 18.4 Å². The summed E-state index contributed by atoms with van der Waals surface area (Å²) in [6.07, 6.45) is 9.02. The van der Waals surface area contributed by atoms with Gasteiger partial charge in [0.1, 0.15) is 11.9 Å². The largest absolute Gasteiger partial charge is 0.480 e. The molecule has 1 amide bonds. The molecule has 7 heteroatoms. The SMILES string of the molecule is CC1(C(=O)N[C@@H](CCOC2CC(CCc3ccc4c(n3)NCCC4)C2)C(=O)O)CCc2ccccc2C1. The van der Waals surface area contributed by atoms with E-state index in [2.05, 4.69) is 34.9 Å². The van der Waals surface area contributed by atoms with Crippen LogP contribution in [0.4, 0.5) is 5.82 Å². The van der Waals surface area contributed by atoms with E-state index in [0.29, 0.717) is 18.9 Å². The standard InChI is InChI=1S/C30H39N3O4/c1-30(14-12-21-5-2-3-6-23(21)19-30)29(36)33-26(28(34)35)13-16-37-25-17-20(18-25)8-10-24-11-9-22-7-4-15-31-27(22)32-24/h2-3,5-6,9,11,20,25-26H,4,7-8,10,12-19H2,1H3,(H,31,32)(H,33,36)(H,34,35)/t20?,25?,26-,30?/m0/s1. The molecule has 0 radical (unpaired) electrons. The number of amides is 1. The molecule has 1 saturated carbocycles. The van der Waals surface area contributed by atoms with Crippen LogP contribution >= 0.6 is 0 Å². The summed E-state index contributed by atoms with van der Waals surface area (Å²) in [4.78, 5) is 29.7. The Morgan fingerprint density at radius 2 is 1.97 bits per heavy atom. The van der Waals surface area contributed by atoms with Crippen LogP contribution in [0.3, 0.4) is 0 Å². The molecule has 0 bridgehead atoms. The molecule has 5 rings (SSSR count). The van der Waals surface area contributed by atoms with Gasteiger partial charge in [0.15, 0.2) is 0 Å². The fourth-order valence-electron chi connectivity index (χ4n) is 5.94. The Labute approximate surface area is 219 Å². The maximum absolute atomic E-state index is 13.1. The summed E-state index contributed by atoms with van der Waals surface area (Å²) in [5.41, 5.74) is 4.34. The number of ether oxygens (including phenoxy) is 1. The zero-order valence-electron chi connectivity index (χ0n) is 21.8. The van der Waals surface area contributed by atoms with Crippen molar-refractivity contribution in [1.29, 1.82) is 0 Å². The van der Waals surface area contributed by atoms with Crippen molar-refractivity contribution in [1.82, 2.24) is 10.3 Å². The molecule has 1 fully saturated rings. The molecule has 7 nitrogen and oxygen atoms in total. The minimum atomic E-state index is -1.00. The van der Waals surface area contributed by atoms with Crippen molar-refractivity contribution in [3.8, 4) is 0 Å². The van der Waals surface area contributed by atoms with E-state index < -0.39 is 17.4 Å². The predicted molar refractivity (Wildman–Crippen MR) is 143 cm³/mol. The molecule has 1 aromatic carbocycles. The Hall–Kier alpha value is -2.93. The van der Waals surface area contributed by atoms with Gasteiger partial charge in [-0.25, -0.2) is 9.78 Å². The highest BCUT2D eigenvalue weighted by molar-refractivity contribution is 5.87. The molecule has 1 unspecified atom stereocenters. The Kier molecular flexibility index (Phi) is 7.79. The molecule has 0 saturated heterocycles. The number of fused-ring (bicyclic) bond motifs is 2. The first-order valence-electron chi connectivity index (χ1n) is 13.8. The monoisotopic (exact) mass is 505 g/mol. The van der Waals surface area contributed by atoms with Gasteiger partial charge >= 0.3 is 5.97 Å². The van der Waals surface area contributed by atoms with Crippen LogP contribution in [0.15, 0.2) is 36.4 Å². The van der Waals surface area contributed by atoms with Crippen LogP contribution in [0.2, 0.25) is 0 Å². The second kappa shape index (κ2) is 11.2. The van der Waals surface area contributed by atoms with Crippen molar-refractivity contribution in [3.63, 3.8) is 0 Å². The fraction of sp³-hybridized carbons (Fsp3) is 0.567. The van der Waals surface area contributed by atoms with Gasteiger partial charge in [-0.3, -0.25) is 4.79 Å². The molecule has 1 aromatic heterocycles. The highest BCUT2D eigenvalue weighted by Gasteiger charge is 2.38. The Morgan fingerprint density at radius 1 is 1.16 bits per heavy atom. The van der Waals surface area contributed by atoms with Gasteiger partial charge in [0.25, 0.3) is 0 Å². The van der Waals surface area contributed by atoms with Crippen LogP contribution < -0.4 is 10.6 Å². The van der Waals surface area contributed by atoms with Crippen molar-refractivity contribution in [2.24, 2.45) is 11.3 Å². The number of pyridine rings is 1. The minimum absolute atomic E-state index is 0.177. The van der Waals surface area contributed by atoms with Crippen LogP contribution in [-0.4, -0.2) is 47.3 Å². The highest BCUT2D eigenvalue weighted by Crippen LogP contribution is 2.36. The molecule has 37 heavy (non-hydrogen) atoms. The summed E-state index contributed by atoms with van der Waals surface area (Å²) in [5.74, 6) is 0.500. The van der Waals surface area contributed by atoms with E-state index in [1.165, 1.54) is 23.1 Å². The van der Waals surface area contributed by atoms with Crippen molar-refractivity contribution in [3.05, 3.63) is 58.8 Å². The number of rotatable bonds is 10. The van der Waals surface area contributed by atoms with Crippen molar-refractivity contribution in [2.45, 2.75) is 83.3 Å². The molecule has 0 spiro atoms. The van der Waals surface area contributed by atoms with E-state index in [1.807, 2.05) is 19.1 Å². The summed E-state index contributed by atoms with van der Waals surface area (Å²) in [6.45, 7) is 3.29. The second-order valence-electron chi connectivity index (χ2n) is 11.4. The van der Waals surface area contributed by atoms with Gasteiger partial charge in [0, 0.05) is 25.3 Å². The molecule has 2 heterocycles. The summed E-state index contributed by atoms with van der Waals surface area (Å²) in [5, 5.41) is 15.9. The van der Waals surface area contributed by atoms with E-state index >= 15 is 0 Å². The highest BCUT2D eigenvalue weighted by atomic mass is 16.5. The second-order valence-corrected chi connectivity index (χ2v) is 11.4. The molecule has 2 atom stereocenters. The number of aliphatic carboxylic acids is 1. The van der Waals surface area contributed by atoms with Crippen LogP contribution in [-0.2, 0) is 40.0 Å². The molecule has 198 valence electrons. The van der Waals surface area contributed by atoms with E-state index in [1.54, 1.807) is 0 Å². The number of benzene rings is 1. The van der Waals surface area contributed by atoms with E-state index in [9.17, 15) is 14.7 Å². The van der Waals surface area contributed by atoms with Crippen LogP contribution in [0.1, 0.15) is 67.8 Å². The number of anilines is 1. The summed E-state index contributed by atoms with van der Waals surface area (Å²) in [7, 11) is 0. The number of hydrogen-bond acceptors (Lipinski definition) is 5. The number of aromatic nitrogens is 1. The Morgan fingerprint density at radius 3 is 2.78 bits per heavy atom. The zero-order valence-corrected chi connectivity index (χ0v) is 21.8. The lowest BCUT2D eigenvalue weighted by Crippen LogP contribution is -2.50. The first-order valence-corrected chi connectivity index (χ1v) is 13.8. The third kappa shape index (κ3) is 6.15. The normalized spacial score (nSPS) is 25.1. The molecule has 3 aliphatic rings. The average molecular weight is 506 g/mol. The molecular weight excluding hydrogens is 466 g/mol. The van der Waals surface area contributed by atoms with E-state index in [0.717, 1.165) is 63.0 Å². The summed E-state index contributed by atoms with van der Waals surface area (Å²) >= 11 is 0. The molecule has 1 aliphatic heterocycles. The number of carboxylic acids is 1. The Balaban J connectivity index is 1.02. The first kappa shape index (κ1) is 25.7. The lowest BCUT2D eigenvalue weighted by Gasteiger charge is -2.36. The molecule has 2 aliphatic carbocycles. The lowest BCUT2D eigenvalue weighted by atomic mass is 9.72. The van der Waals surface area contributed by atoms with Crippen LogP contribution in [0.25, 0.3) is 0 Å². The Bertz CT molecular complexity index is 1130. The van der Waals surface area contributed by atoms with Gasteiger partial charge in [0.2, 0.25) is 5.91 Å². The quantitative estimate of drug-likeness (QED) is 0.445. The number of carboxylic acid groups (broad SMARTS) is 1. The topological polar surface area (TPSA) is 101 Å². The maximum Gasteiger partial charge on any atom is 0.326 e. The minimum Gasteiger partial charge on any atom is -0.480 e. The number of carbonyl (C=O) groups is 2. The average Bonchev–Trinajstić information content (AvgIpc) is 2.88. The maximum atomic E-state index is 13.1. The summed E-state index contributed by atoms with van der Waals surface area (Å²) in [6, 6.07) is 11.6. The van der Waals surface area contributed by atoms with Crippen molar-refractivity contribution < 1.29 is 19.4 Å². The smallest absolute Gasteiger partial charge is 0.326 e. The third-order valence-corrected chi connectivity index (χ3v) is 8.51. The molecule has 2 aromatic rings. The predicted octanol–water partition coefficient (Wildman–Crippen LogP) is 4.32. The number of aryl methyl sites for hydroxylation is 3. The van der Waals surface area contributed by atoms with Gasteiger partial charge in [-0.1, -0.05) is 37.3 Å². The van der Waals surface area contributed by atoms with Crippen molar-refractivity contribution in [2.75, 3.05) is 18.5 Å². The van der Waals surface area contributed by atoms with Gasteiger partial charge in [-0.05, 0) is 86.5 Å². The van der Waals surface area contributed by atoms with Crippen LogP contribution in [0.5, 0.6) is 0 Å². The van der Waals surface area contributed by atoms with Gasteiger partial charge in [-0.15, -0.1) is 0 Å². The van der Waals surface area contributed by atoms with Gasteiger partial charge < -0.3 is 20.5 Å². The third-order valence-electron chi connectivity index (χ3n) is 8.51. The number of nitrogens with zero attached hydrogens (tertiary/aromatic N) is 1. The number of carbonyl (C=O) groups excluding carboxylic acids is 1. The first-order chi connectivity index (χ1) is 17.9. The van der Waals surface area contributed by atoms with Gasteiger partial charge in [0.05, 0.1) is 11.5 Å². The summed E-state index contributed by atoms with van der Waals surface area (Å²) < 4.78 is 5.97. The van der Waals surface area contributed by atoms with Crippen LogP contribution in [0, 0.1) is 11.3 Å². The number of nitrogens with one attached hydrogen (secondary N) is 2. The fourth-order valence-corrected chi connectivity index (χ4v) is 5.94. The number of hydrogen-bond donors (Lipinski definition) is 3.